The van der Waals surface area contributed by atoms with Gasteiger partial charge in [0.05, 0.1) is 0 Å². The number of fused-ring (bicyclic) bond motifs is 2. The van der Waals surface area contributed by atoms with E-state index in [2.05, 4.69) is 24.3 Å². The van der Waals surface area contributed by atoms with Crippen LogP contribution in [0.5, 0.6) is 0 Å². The second kappa shape index (κ2) is 8.21. The van der Waals surface area contributed by atoms with Crippen molar-refractivity contribution in [3.63, 3.8) is 0 Å². The molecule has 146 valence electrons. The molecule has 4 aromatic rings. The Morgan fingerprint density at radius 2 is 1.21 bits per heavy atom. The van der Waals surface area contributed by atoms with Gasteiger partial charge in [0, 0.05) is 0 Å². The van der Waals surface area contributed by atoms with Crippen LogP contribution in [0.15, 0.2) is 78.9 Å². The first-order valence-corrected chi connectivity index (χ1v) is 12.0. The van der Waals surface area contributed by atoms with Crippen LogP contribution in [-0.4, -0.2) is 11.9 Å². The molecule has 0 unspecified atom stereocenters. The minimum atomic E-state index is -3.02. The van der Waals surface area contributed by atoms with E-state index in [4.69, 9.17) is 6.13 Å². The van der Waals surface area contributed by atoms with E-state index < -0.39 is 32.6 Å². The Balaban J connectivity index is 2.06. The molecule has 0 aliphatic heterocycles. The summed E-state index contributed by atoms with van der Waals surface area (Å²) in [6.07, 6.45) is 0. The molecule has 5 heteroatoms. The van der Waals surface area contributed by atoms with Crippen molar-refractivity contribution < 1.29 is 15.7 Å². The number of hydrogen-bond donors (Lipinski definition) is 0. The molecule has 0 bridgehead atoms. The predicted molar refractivity (Wildman–Crippen MR) is 123 cm³/mol. The first-order valence-electron chi connectivity index (χ1n) is 9.12. The van der Waals surface area contributed by atoms with Gasteiger partial charge in [-0.2, -0.15) is 0 Å². The summed E-state index contributed by atoms with van der Waals surface area (Å²) in [6.45, 7) is 2.68. The molecular weight excluding hydrogens is 479 g/mol. The SMILES string of the molecule is CC(=O)OI(OC(C)=O)c1ccc2ccccc2c1-c1cccc2ccccc12. The molecule has 0 atom stereocenters. The summed E-state index contributed by atoms with van der Waals surface area (Å²) in [5.74, 6) is -0.901. The van der Waals surface area contributed by atoms with Gasteiger partial charge in [-0.3, -0.25) is 0 Å². The fourth-order valence-electron chi connectivity index (χ4n) is 3.39. The van der Waals surface area contributed by atoms with Crippen molar-refractivity contribution in [2.24, 2.45) is 0 Å². The molecular formula is C24H19IO4. The standard InChI is InChI=1S/C24H19IO4/c1-16(26)28-25(29-17(2)27)23-15-14-19-9-4-6-12-21(19)24(23)22-13-7-10-18-8-3-5-11-20(18)22/h3-15H,1-2H3. The minimum absolute atomic E-state index is 0.450. The molecule has 4 aromatic carbocycles. The number of carbonyl (C=O) groups is 2. The van der Waals surface area contributed by atoms with Crippen LogP contribution in [0.2, 0.25) is 0 Å². The molecule has 29 heavy (non-hydrogen) atoms. The van der Waals surface area contributed by atoms with E-state index in [1.54, 1.807) is 0 Å². The normalized spacial score (nSPS) is 11.3. The van der Waals surface area contributed by atoms with E-state index in [1.807, 2.05) is 54.6 Å². The van der Waals surface area contributed by atoms with Crippen LogP contribution in [0, 0.1) is 3.57 Å². The van der Waals surface area contributed by atoms with Crippen LogP contribution in [0.3, 0.4) is 0 Å². The molecule has 0 N–H and O–H groups in total. The van der Waals surface area contributed by atoms with Crippen LogP contribution < -0.4 is 0 Å². The van der Waals surface area contributed by atoms with E-state index in [0.717, 1.165) is 36.2 Å². The molecule has 0 aromatic heterocycles. The van der Waals surface area contributed by atoms with Gasteiger partial charge < -0.3 is 0 Å². The number of hydrogen-bond acceptors (Lipinski definition) is 4. The monoisotopic (exact) mass is 498 g/mol. The third-order valence-electron chi connectivity index (χ3n) is 4.46. The summed E-state index contributed by atoms with van der Waals surface area (Å²) in [5.41, 5.74) is 1.98. The molecule has 0 saturated carbocycles. The average molecular weight is 498 g/mol. The molecule has 0 aliphatic carbocycles. The number of rotatable bonds is 4. The predicted octanol–water partition coefficient (Wildman–Crippen LogP) is 6.29. The Labute approximate surface area is 176 Å². The molecule has 0 aliphatic rings. The van der Waals surface area contributed by atoms with Crippen molar-refractivity contribution in [2.75, 3.05) is 0 Å². The maximum atomic E-state index is 11.8. The average Bonchev–Trinajstić information content (AvgIpc) is 2.71. The first-order chi connectivity index (χ1) is 14.0. The van der Waals surface area contributed by atoms with Crippen molar-refractivity contribution in [3.05, 3.63) is 82.4 Å². The zero-order chi connectivity index (χ0) is 20.4. The summed E-state index contributed by atoms with van der Waals surface area (Å²) < 4.78 is 11.9. The van der Waals surface area contributed by atoms with Gasteiger partial charge in [-0.25, -0.2) is 0 Å². The van der Waals surface area contributed by atoms with Gasteiger partial charge >= 0.3 is 177 Å². The molecule has 0 heterocycles. The van der Waals surface area contributed by atoms with Gasteiger partial charge in [0.1, 0.15) is 0 Å². The van der Waals surface area contributed by atoms with Crippen LogP contribution in [0.1, 0.15) is 13.8 Å². The second-order valence-corrected chi connectivity index (χ2v) is 9.81. The molecule has 4 rings (SSSR count). The zero-order valence-corrected chi connectivity index (χ0v) is 18.2. The molecule has 0 spiro atoms. The van der Waals surface area contributed by atoms with Crippen LogP contribution in [0.4, 0.5) is 0 Å². The zero-order valence-electron chi connectivity index (χ0n) is 16.0. The van der Waals surface area contributed by atoms with Gasteiger partial charge in [0.15, 0.2) is 0 Å². The van der Waals surface area contributed by atoms with Crippen molar-refractivity contribution in [1.82, 2.24) is 0 Å². The van der Waals surface area contributed by atoms with Gasteiger partial charge in [-0.15, -0.1) is 0 Å². The van der Waals surface area contributed by atoms with Gasteiger partial charge in [0.25, 0.3) is 0 Å². The van der Waals surface area contributed by atoms with Gasteiger partial charge in [0.2, 0.25) is 0 Å². The summed E-state index contributed by atoms with van der Waals surface area (Å²) in [5, 5.41) is 4.31. The van der Waals surface area contributed by atoms with Gasteiger partial charge in [-0.1, -0.05) is 0 Å². The van der Waals surface area contributed by atoms with E-state index in [9.17, 15) is 9.59 Å². The summed E-state index contributed by atoms with van der Waals surface area (Å²) in [7, 11) is 0. The van der Waals surface area contributed by atoms with Crippen LogP contribution in [-0.2, 0) is 15.7 Å². The topological polar surface area (TPSA) is 52.6 Å². The van der Waals surface area contributed by atoms with Crippen molar-refractivity contribution >= 4 is 54.1 Å². The first kappa shape index (κ1) is 19.4. The Bertz CT molecular complexity index is 1210. The van der Waals surface area contributed by atoms with Crippen molar-refractivity contribution in [2.45, 2.75) is 13.8 Å². The Morgan fingerprint density at radius 1 is 0.655 bits per heavy atom. The van der Waals surface area contributed by atoms with E-state index in [0.29, 0.717) is 0 Å². The second-order valence-electron chi connectivity index (χ2n) is 6.52. The van der Waals surface area contributed by atoms with E-state index in [1.165, 1.54) is 13.8 Å². The van der Waals surface area contributed by atoms with Gasteiger partial charge in [-0.05, 0) is 0 Å². The maximum absolute atomic E-state index is 11.8. The van der Waals surface area contributed by atoms with Crippen LogP contribution in [0.25, 0.3) is 32.7 Å². The fraction of sp³-hybridized carbons (Fsp3) is 0.0833. The Kier molecular flexibility index (Phi) is 5.49. The summed E-state index contributed by atoms with van der Waals surface area (Å²) >= 11 is -3.02. The molecule has 0 amide bonds. The fourth-order valence-corrected chi connectivity index (χ4v) is 6.57. The number of halogens is 1. The number of benzene rings is 4. The quantitative estimate of drug-likeness (QED) is 0.311. The third-order valence-corrected chi connectivity index (χ3v) is 8.35. The molecule has 0 saturated heterocycles. The molecule has 0 radical (unpaired) electrons. The molecule has 4 nitrogen and oxygen atoms in total. The van der Waals surface area contributed by atoms with Crippen LogP contribution >= 0.6 is 20.6 Å². The summed E-state index contributed by atoms with van der Waals surface area (Å²) in [4.78, 5) is 23.5. The molecule has 0 fully saturated rings. The number of carbonyl (C=O) groups excluding carboxylic acids is 2. The third kappa shape index (κ3) is 3.96. The Morgan fingerprint density at radius 3 is 1.86 bits per heavy atom. The van der Waals surface area contributed by atoms with Crippen molar-refractivity contribution in [1.29, 1.82) is 0 Å². The van der Waals surface area contributed by atoms with E-state index >= 15 is 0 Å². The van der Waals surface area contributed by atoms with E-state index in [-0.39, 0.29) is 0 Å². The Hall–Kier alpha value is -2.93. The van der Waals surface area contributed by atoms with Crippen molar-refractivity contribution in [3.8, 4) is 11.1 Å². The summed E-state index contributed by atoms with van der Waals surface area (Å²) in [6, 6.07) is 26.3.